The third-order valence-corrected chi connectivity index (χ3v) is 3.51. The molecule has 0 saturated carbocycles. The largest absolute Gasteiger partial charge is 0.396 e. The highest BCUT2D eigenvalue weighted by Gasteiger charge is 2.23. The monoisotopic (exact) mass is 242 g/mol. The van der Waals surface area contributed by atoms with Gasteiger partial charge in [0.05, 0.1) is 0 Å². The zero-order valence-electron chi connectivity index (χ0n) is 11.0. The van der Waals surface area contributed by atoms with Crippen molar-refractivity contribution in [2.45, 2.75) is 38.5 Å². The predicted octanol–water partition coefficient (Wildman–Crippen LogP) is 0.997. The fraction of sp³-hybridized carbons (Fsp3) is 0.923. The summed E-state index contributed by atoms with van der Waals surface area (Å²) >= 11 is 0. The van der Waals surface area contributed by atoms with Crippen molar-refractivity contribution in [1.29, 1.82) is 0 Å². The first-order valence-electron chi connectivity index (χ1n) is 6.80. The Labute approximate surface area is 104 Å². The topological polar surface area (TPSA) is 52.6 Å². The van der Waals surface area contributed by atoms with Crippen molar-refractivity contribution in [2.24, 2.45) is 5.92 Å². The summed E-state index contributed by atoms with van der Waals surface area (Å²) in [5.74, 6) is 0.715. The number of unbranched alkanes of at least 4 members (excludes halogenated alkanes) is 3. The van der Waals surface area contributed by atoms with Gasteiger partial charge in [-0.15, -0.1) is 0 Å². The van der Waals surface area contributed by atoms with Gasteiger partial charge in [-0.05, 0) is 38.3 Å². The van der Waals surface area contributed by atoms with Gasteiger partial charge < -0.3 is 15.3 Å². The summed E-state index contributed by atoms with van der Waals surface area (Å²) in [6, 6.07) is 0. The zero-order valence-corrected chi connectivity index (χ0v) is 11.0. The number of carbonyl (C=O) groups excluding carboxylic acids is 1. The first-order valence-corrected chi connectivity index (χ1v) is 6.80. The number of carbonyl (C=O) groups is 1. The van der Waals surface area contributed by atoms with Gasteiger partial charge in [0.1, 0.15) is 0 Å². The van der Waals surface area contributed by atoms with Crippen LogP contribution in [0.15, 0.2) is 0 Å². The van der Waals surface area contributed by atoms with Crippen LogP contribution in [-0.2, 0) is 4.79 Å². The van der Waals surface area contributed by atoms with Gasteiger partial charge >= 0.3 is 0 Å². The van der Waals surface area contributed by atoms with E-state index >= 15 is 0 Å². The number of nitrogens with zero attached hydrogens (tertiary/aromatic N) is 1. The molecule has 0 unspecified atom stereocenters. The summed E-state index contributed by atoms with van der Waals surface area (Å²) in [6.45, 7) is 3.68. The van der Waals surface area contributed by atoms with E-state index in [4.69, 9.17) is 5.11 Å². The number of amides is 1. The number of nitrogens with one attached hydrogen (secondary N) is 1. The Hall–Kier alpha value is -0.610. The molecule has 1 aliphatic rings. The highest BCUT2D eigenvalue weighted by atomic mass is 16.2. The van der Waals surface area contributed by atoms with Crippen molar-refractivity contribution in [3.8, 4) is 0 Å². The molecule has 0 bridgehead atoms. The molecule has 1 rings (SSSR count). The molecular weight excluding hydrogens is 216 g/mol. The average molecular weight is 242 g/mol. The summed E-state index contributed by atoms with van der Waals surface area (Å²) in [5.41, 5.74) is 0. The third-order valence-electron chi connectivity index (χ3n) is 3.51. The molecule has 17 heavy (non-hydrogen) atoms. The van der Waals surface area contributed by atoms with E-state index in [1.54, 1.807) is 7.05 Å². The maximum absolute atomic E-state index is 11.3. The van der Waals surface area contributed by atoms with E-state index in [0.29, 0.717) is 18.9 Å². The molecule has 0 aromatic rings. The molecule has 1 fully saturated rings. The number of rotatable bonds is 8. The summed E-state index contributed by atoms with van der Waals surface area (Å²) in [7, 11) is 1.70. The van der Waals surface area contributed by atoms with Crippen LogP contribution >= 0.6 is 0 Å². The van der Waals surface area contributed by atoms with Crippen molar-refractivity contribution >= 4 is 5.91 Å². The molecule has 0 radical (unpaired) electrons. The molecule has 0 aromatic carbocycles. The maximum atomic E-state index is 11.3. The average Bonchev–Trinajstić information content (AvgIpc) is 2.76. The van der Waals surface area contributed by atoms with Gasteiger partial charge in [0.2, 0.25) is 5.91 Å². The third kappa shape index (κ3) is 6.03. The quantitative estimate of drug-likeness (QED) is 0.624. The van der Waals surface area contributed by atoms with E-state index in [1.807, 2.05) is 0 Å². The van der Waals surface area contributed by atoms with E-state index in [9.17, 15) is 4.79 Å². The zero-order chi connectivity index (χ0) is 12.5. The molecule has 0 aliphatic carbocycles. The standard InChI is InChI=1S/C13H26N2O2/c1-14-13(17)10-12-6-8-15(11-12)7-4-2-3-5-9-16/h12,16H,2-11H2,1H3,(H,14,17)/t12-/m0/s1. The van der Waals surface area contributed by atoms with E-state index in [2.05, 4.69) is 10.2 Å². The summed E-state index contributed by atoms with van der Waals surface area (Å²) in [6.07, 6.45) is 6.32. The molecule has 4 nitrogen and oxygen atoms in total. The highest BCUT2D eigenvalue weighted by molar-refractivity contribution is 5.75. The second-order valence-corrected chi connectivity index (χ2v) is 4.97. The van der Waals surface area contributed by atoms with Gasteiger partial charge in [-0.2, -0.15) is 0 Å². The lowest BCUT2D eigenvalue weighted by Crippen LogP contribution is -2.25. The van der Waals surface area contributed by atoms with Crippen LogP contribution in [0.25, 0.3) is 0 Å². The number of aliphatic hydroxyl groups is 1. The molecule has 4 heteroatoms. The fourth-order valence-electron chi connectivity index (χ4n) is 2.45. The van der Waals surface area contributed by atoms with Crippen molar-refractivity contribution in [3.05, 3.63) is 0 Å². The van der Waals surface area contributed by atoms with Crippen LogP contribution in [-0.4, -0.2) is 49.2 Å². The SMILES string of the molecule is CNC(=O)C[C@@H]1CCN(CCCCCCO)C1. The van der Waals surface area contributed by atoms with Crippen LogP contribution in [0.1, 0.15) is 38.5 Å². The van der Waals surface area contributed by atoms with Crippen molar-refractivity contribution in [3.63, 3.8) is 0 Å². The Balaban J connectivity index is 2.03. The number of hydrogen-bond acceptors (Lipinski definition) is 3. The lowest BCUT2D eigenvalue weighted by molar-refractivity contribution is -0.121. The maximum Gasteiger partial charge on any atom is 0.220 e. The molecule has 2 N–H and O–H groups in total. The second-order valence-electron chi connectivity index (χ2n) is 4.97. The molecule has 1 heterocycles. The van der Waals surface area contributed by atoms with Gasteiger partial charge in [0, 0.05) is 26.6 Å². The lowest BCUT2D eigenvalue weighted by atomic mass is 10.0. The molecule has 1 saturated heterocycles. The molecule has 1 atom stereocenters. The Morgan fingerprint density at radius 3 is 2.82 bits per heavy atom. The van der Waals surface area contributed by atoms with Crippen LogP contribution in [0, 0.1) is 5.92 Å². The summed E-state index contributed by atoms with van der Waals surface area (Å²) < 4.78 is 0. The number of hydrogen-bond donors (Lipinski definition) is 2. The van der Waals surface area contributed by atoms with Crippen LogP contribution < -0.4 is 5.32 Å². The van der Waals surface area contributed by atoms with Crippen LogP contribution in [0.5, 0.6) is 0 Å². The molecular formula is C13H26N2O2. The Kier molecular flexibility index (Phi) is 7.21. The van der Waals surface area contributed by atoms with Gasteiger partial charge in [-0.3, -0.25) is 4.79 Å². The van der Waals surface area contributed by atoms with Gasteiger partial charge in [0.15, 0.2) is 0 Å². The smallest absolute Gasteiger partial charge is 0.220 e. The van der Waals surface area contributed by atoms with Gasteiger partial charge in [0.25, 0.3) is 0 Å². The summed E-state index contributed by atoms with van der Waals surface area (Å²) in [4.78, 5) is 13.7. The number of likely N-dealkylation sites (tertiary alicyclic amines) is 1. The lowest BCUT2D eigenvalue weighted by Gasteiger charge is -2.15. The van der Waals surface area contributed by atoms with Crippen molar-refractivity contribution < 1.29 is 9.90 Å². The Morgan fingerprint density at radius 1 is 1.35 bits per heavy atom. The highest BCUT2D eigenvalue weighted by Crippen LogP contribution is 2.19. The second kappa shape index (κ2) is 8.48. The van der Waals surface area contributed by atoms with Gasteiger partial charge in [-0.1, -0.05) is 12.8 Å². The minimum Gasteiger partial charge on any atom is -0.396 e. The van der Waals surface area contributed by atoms with Crippen molar-refractivity contribution in [2.75, 3.05) is 33.3 Å². The molecule has 0 aromatic heterocycles. The van der Waals surface area contributed by atoms with Crippen LogP contribution in [0.4, 0.5) is 0 Å². The minimum absolute atomic E-state index is 0.166. The molecule has 1 amide bonds. The number of aliphatic hydroxyl groups excluding tert-OH is 1. The molecule has 0 spiro atoms. The van der Waals surface area contributed by atoms with E-state index in [1.165, 1.54) is 12.8 Å². The van der Waals surface area contributed by atoms with Crippen LogP contribution in [0.2, 0.25) is 0 Å². The van der Waals surface area contributed by atoms with Crippen molar-refractivity contribution in [1.82, 2.24) is 10.2 Å². The van der Waals surface area contributed by atoms with Crippen LogP contribution in [0.3, 0.4) is 0 Å². The summed E-state index contributed by atoms with van der Waals surface area (Å²) in [5, 5.41) is 11.4. The first-order chi connectivity index (χ1) is 8.26. The van der Waals surface area contributed by atoms with Gasteiger partial charge in [-0.25, -0.2) is 0 Å². The Bertz CT molecular complexity index is 221. The first kappa shape index (κ1) is 14.5. The van der Waals surface area contributed by atoms with E-state index in [0.717, 1.165) is 38.9 Å². The van der Waals surface area contributed by atoms with E-state index < -0.39 is 0 Å². The molecule has 1 aliphatic heterocycles. The fourth-order valence-corrected chi connectivity index (χ4v) is 2.45. The predicted molar refractivity (Wildman–Crippen MR) is 68.8 cm³/mol. The molecule has 100 valence electrons. The normalized spacial score (nSPS) is 20.7. The van der Waals surface area contributed by atoms with E-state index in [-0.39, 0.29) is 5.91 Å². The minimum atomic E-state index is 0.166. The Morgan fingerprint density at radius 2 is 2.12 bits per heavy atom.